The highest BCUT2D eigenvalue weighted by atomic mass is 79.9. The van der Waals surface area contributed by atoms with Crippen LogP contribution < -0.4 is 5.32 Å². The van der Waals surface area contributed by atoms with Crippen molar-refractivity contribution < 1.29 is 4.79 Å². The third-order valence-electron chi connectivity index (χ3n) is 3.49. The number of rotatable bonds is 5. The van der Waals surface area contributed by atoms with Crippen molar-refractivity contribution in [1.82, 2.24) is 5.32 Å². The molecule has 0 saturated heterocycles. The van der Waals surface area contributed by atoms with E-state index in [4.69, 9.17) is 0 Å². The van der Waals surface area contributed by atoms with E-state index in [1.54, 1.807) is 11.3 Å². The first kappa shape index (κ1) is 13.1. The molecular formula is C13H18BrNOS. The molecule has 2 nitrogen and oxygen atoms in total. The highest BCUT2D eigenvalue weighted by Gasteiger charge is 2.26. The molecule has 1 saturated carbocycles. The molecule has 1 aliphatic rings. The third-order valence-corrected chi connectivity index (χ3v) is 5.20. The summed E-state index contributed by atoms with van der Waals surface area (Å²) in [4.78, 5) is 12.9. The second kappa shape index (κ2) is 6.55. The summed E-state index contributed by atoms with van der Waals surface area (Å²) in [6.07, 6.45) is 4.40. The topological polar surface area (TPSA) is 29.1 Å². The summed E-state index contributed by atoms with van der Waals surface area (Å²) in [7, 11) is 0. The van der Waals surface area contributed by atoms with Gasteiger partial charge in [-0.05, 0) is 36.1 Å². The number of carbonyl (C=O) groups excluding carboxylic acids is 1. The lowest BCUT2D eigenvalue weighted by Gasteiger charge is -2.17. The van der Waals surface area contributed by atoms with E-state index < -0.39 is 0 Å². The predicted molar refractivity (Wildman–Crippen MR) is 75.7 cm³/mol. The molecule has 94 valence electrons. The molecule has 1 aliphatic carbocycles. The zero-order valence-electron chi connectivity index (χ0n) is 9.82. The van der Waals surface area contributed by atoms with E-state index in [2.05, 4.69) is 21.2 Å². The summed E-state index contributed by atoms with van der Waals surface area (Å²) in [6, 6.07) is 4.01. The lowest BCUT2D eigenvalue weighted by Crippen LogP contribution is -2.32. The van der Waals surface area contributed by atoms with Crippen LogP contribution in [0.5, 0.6) is 0 Å². The van der Waals surface area contributed by atoms with Gasteiger partial charge in [0.2, 0.25) is 5.91 Å². The maximum absolute atomic E-state index is 11.7. The van der Waals surface area contributed by atoms with Crippen molar-refractivity contribution in [2.75, 3.05) is 11.9 Å². The number of carbonyl (C=O) groups is 1. The van der Waals surface area contributed by atoms with Crippen LogP contribution in [0.15, 0.2) is 17.5 Å². The van der Waals surface area contributed by atoms with Crippen LogP contribution in [0.25, 0.3) is 0 Å². The monoisotopic (exact) mass is 315 g/mol. The molecule has 17 heavy (non-hydrogen) atoms. The van der Waals surface area contributed by atoms with Crippen molar-refractivity contribution in [2.24, 2.45) is 11.8 Å². The summed E-state index contributed by atoms with van der Waals surface area (Å²) in [5.74, 6) is 1.58. The van der Waals surface area contributed by atoms with Gasteiger partial charge >= 0.3 is 0 Å². The van der Waals surface area contributed by atoms with Gasteiger partial charge in [0.25, 0.3) is 0 Å². The highest BCUT2D eigenvalue weighted by molar-refractivity contribution is 9.09. The summed E-state index contributed by atoms with van der Waals surface area (Å²) < 4.78 is 0. The van der Waals surface area contributed by atoms with Crippen LogP contribution in [-0.4, -0.2) is 17.8 Å². The van der Waals surface area contributed by atoms with Crippen LogP contribution in [-0.2, 0) is 11.2 Å². The third kappa shape index (κ3) is 3.81. The average molecular weight is 316 g/mol. The van der Waals surface area contributed by atoms with Gasteiger partial charge in [0.1, 0.15) is 0 Å². The Balaban J connectivity index is 1.72. The van der Waals surface area contributed by atoms with E-state index >= 15 is 0 Å². The number of alkyl halides is 1. The van der Waals surface area contributed by atoms with Crippen LogP contribution in [0.3, 0.4) is 0 Å². The van der Waals surface area contributed by atoms with Crippen molar-refractivity contribution >= 4 is 33.2 Å². The fraction of sp³-hybridized carbons (Fsp3) is 0.615. The van der Waals surface area contributed by atoms with Gasteiger partial charge in [-0.3, -0.25) is 4.79 Å². The smallest absolute Gasteiger partial charge is 0.225 e. The first-order valence-electron chi connectivity index (χ1n) is 6.14. The molecule has 0 aliphatic heterocycles. The molecular weight excluding hydrogens is 298 g/mol. The van der Waals surface area contributed by atoms with Crippen molar-refractivity contribution in [3.63, 3.8) is 0 Å². The molecule has 4 heteroatoms. The molecule has 0 bridgehead atoms. The minimum atomic E-state index is 0.160. The Morgan fingerprint density at radius 3 is 3.00 bits per heavy atom. The normalized spacial score (nSPS) is 23.8. The number of hydrogen-bond donors (Lipinski definition) is 1. The Hall–Kier alpha value is -0.350. The second-order valence-corrected chi connectivity index (χ2v) is 6.35. The van der Waals surface area contributed by atoms with Crippen molar-refractivity contribution in [1.29, 1.82) is 0 Å². The van der Waals surface area contributed by atoms with Gasteiger partial charge in [-0.1, -0.05) is 28.4 Å². The van der Waals surface area contributed by atoms with E-state index in [0.717, 1.165) is 22.7 Å². The summed E-state index contributed by atoms with van der Waals surface area (Å²) in [5.41, 5.74) is 0. The zero-order valence-corrected chi connectivity index (χ0v) is 12.2. The largest absolute Gasteiger partial charge is 0.356 e. The Morgan fingerprint density at radius 2 is 2.29 bits per heavy atom. The Bertz CT molecular complexity index is 352. The van der Waals surface area contributed by atoms with E-state index in [9.17, 15) is 4.79 Å². The van der Waals surface area contributed by atoms with E-state index in [0.29, 0.717) is 12.3 Å². The van der Waals surface area contributed by atoms with Gasteiger partial charge in [-0.25, -0.2) is 0 Å². The molecule has 1 fully saturated rings. The summed E-state index contributed by atoms with van der Waals surface area (Å²) in [6.45, 7) is 0.848. The number of amides is 1. The minimum Gasteiger partial charge on any atom is -0.356 e. The van der Waals surface area contributed by atoms with Crippen LogP contribution in [0.2, 0.25) is 0 Å². The SMILES string of the molecule is O=C(Cc1cccs1)NCC1CCCC1CBr. The standard InChI is InChI=1S/C13H18BrNOS/c14-8-10-3-1-4-11(10)9-15-13(16)7-12-5-2-6-17-12/h2,5-6,10-11H,1,3-4,7-9H2,(H,15,16). The van der Waals surface area contributed by atoms with Crippen molar-refractivity contribution in [3.05, 3.63) is 22.4 Å². The van der Waals surface area contributed by atoms with E-state index in [-0.39, 0.29) is 5.91 Å². The molecule has 2 rings (SSSR count). The minimum absolute atomic E-state index is 0.160. The fourth-order valence-corrected chi connectivity index (χ4v) is 4.02. The zero-order chi connectivity index (χ0) is 12.1. The van der Waals surface area contributed by atoms with Crippen LogP contribution >= 0.6 is 27.3 Å². The van der Waals surface area contributed by atoms with Crippen LogP contribution in [0.1, 0.15) is 24.1 Å². The molecule has 1 amide bonds. The highest BCUT2D eigenvalue weighted by Crippen LogP contribution is 2.32. The maximum atomic E-state index is 11.7. The molecule has 0 aromatic carbocycles. The van der Waals surface area contributed by atoms with Gasteiger partial charge in [-0.15, -0.1) is 11.3 Å². The molecule has 0 spiro atoms. The van der Waals surface area contributed by atoms with Crippen molar-refractivity contribution in [3.8, 4) is 0 Å². The van der Waals surface area contributed by atoms with Gasteiger partial charge in [0.15, 0.2) is 0 Å². The van der Waals surface area contributed by atoms with Gasteiger partial charge in [-0.2, -0.15) is 0 Å². The molecule has 2 atom stereocenters. The molecule has 2 unspecified atom stereocenters. The number of hydrogen-bond acceptors (Lipinski definition) is 2. The second-order valence-electron chi connectivity index (χ2n) is 4.67. The number of halogens is 1. The molecule has 0 radical (unpaired) electrons. The molecule has 1 N–H and O–H groups in total. The predicted octanol–water partition coefficient (Wildman–Crippen LogP) is 3.22. The maximum Gasteiger partial charge on any atom is 0.225 e. The lowest BCUT2D eigenvalue weighted by atomic mass is 9.98. The molecule has 1 heterocycles. The van der Waals surface area contributed by atoms with Gasteiger partial charge < -0.3 is 5.32 Å². The van der Waals surface area contributed by atoms with Gasteiger partial charge in [0.05, 0.1) is 6.42 Å². The number of nitrogens with one attached hydrogen (secondary N) is 1. The summed E-state index contributed by atoms with van der Waals surface area (Å²) in [5, 5.41) is 6.16. The quantitative estimate of drug-likeness (QED) is 0.830. The van der Waals surface area contributed by atoms with Crippen LogP contribution in [0.4, 0.5) is 0 Å². The van der Waals surface area contributed by atoms with E-state index in [1.165, 1.54) is 19.3 Å². The van der Waals surface area contributed by atoms with Crippen molar-refractivity contribution in [2.45, 2.75) is 25.7 Å². The Morgan fingerprint density at radius 1 is 1.47 bits per heavy atom. The fourth-order valence-electron chi connectivity index (χ4n) is 2.46. The number of thiophene rings is 1. The molecule has 1 aromatic rings. The van der Waals surface area contributed by atoms with Crippen LogP contribution in [0, 0.1) is 11.8 Å². The Kier molecular flexibility index (Phi) is 5.04. The summed E-state index contributed by atoms with van der Waals surface area (Å²) >= 11 is 5.21. The van der Waals surface area contributed by atoms with Gasteiger partial charge in [0, 0.05) is 16.8 Å². The average Bonchev–Trinajstić information content (AvgIpc) is 2.96. The van der Waals surface area contributed by atoms with E-state index in [1.807, 2.05) is 17.5 Å². The lowest BCUT2D eigenvalue weighted by molar-refractivity contribution is -0.120. The molecule has 1 aromatic heterocycles. The Labute approximate surface area is 115 Å². The first-order valence-corrected chi connectivity index (χ1v) is 8.14. The first-order chi connectivity index (χ1) is 8.29.